The van der Waals surface area contributed by atoms with Crippen LogP contribution in [-0.4, -0.2) is 121 Å². The lowest BCUT2D eigenvalue weighted by molar-refractivity contribution is -0.0236. The van der Waals surface area contributed by atoms with Crippen molar-refractivity contribution in [3.05, 3.63) is 30.3 Å². The van der Waals surface area contributed by atoms with E-state index in [9.17, 15) is 8.42 Å². The van der Waals surface area contributed by atoms with Gasteiger partial charge in [-0.25, -0.2) is 0 Å². The van der Waals surface area contributed by atoms with Gasteiger partial charge < -0.3 is 37.9 Å². The summed E-state index contributed by atoms with van der Waals surface area (Å²) in [5, 5.41) is 0. The quantitative estimate of drug-likeness (QED) is 0.0884. The van der Waals surface area contributed by atoms with Crippen molar-refractivity contribution in [3.63, 3.8) is 0 Å². The van der Waals surface area contributed by atoms with E-state index in [4.69, 9.17) is 42.1 Å². The first-order valence-electron chi connectivity index (χ1n) is 14.7. The summed E-state index contributed by atoms with van der Waals surface area (Å²) in [5.41, 5.74) is 0. The van der Waals surface area contributed by atoms with Crippen LogP contribution in [0.2, 0.25) is 0 Å². The Balaban J connectivity index is 1.68. The number of hydrogen-bond donors (Lipinski definition) is 0. The van der Waals surface area contributed by atoms with E-state index in [0.717, 1.165) is 13.0 Å². The molecule has 0 aromatic heterocycles. The van der Waals surface area contributed by atoms with Gasteiger partial charge in [-0.05, 0) is 18.6 Å². The van der Waals surface area contributed by atoms with Crippen molar-refractivity contribution in [2.45, 2.75) is 43.9 Å². The highest BCUT2D eigenvalue weighted by Gasteiger charge is 2.13. The van der Waals surface area contributed by atoms with Gasteiger partial charge >= 0.3 is 0 Å². The number of hydrogen-bond acceptors (Lipinski definition) is 11. The lowest BCUT2D eigenvalue weighted by atomic mass is 10.2. The molecule has 1 aromatic rings. The summed E-state index contributed by atoms with van der Waals surface area (Å²) in [7, 11) is -3.75. The van der Waals surface area contributed by atoms with E-state index in [1.165, 1.54) is 37.8 Å². The van der Waals surface area contributed by atoms with E-state index in [1.807, 2.05) is 0 Å². The Labute approximate surface area is 247 Å². The van der Waals surface area contributed by atoms with Crippen molar-refractivity contribution < 1.29 is 50.5 Å². The third-order valence-corrected chi connectivity index (χ3v) is 6.82. The van der Waals surface area contributed by atoms with Crippen LogP contribution < -0.4 is 0 Å². The maximum absolute atomic E-state index is 11.9. The molecule has 0 aliphatic carbocycles. The summed E-state index contributed by atoms with van der Waals surface area (Å²) in [6, 6.07) is 8.00. The molecule has 0 saturated carbocycles. The lowest BCUT2D eigenvalue weighted by Gasteiger charge is -2.09. The minimum atomic E-state index is -3.75. The van der Waals surface area contributed by atoms with Gasteiger partial charge in [0.2, 0.25) is 0 Å². The van der Waals surface area contributed by atoms with E-state index >= 15 is 0 Å². The predicted octanol–water partition coefficient (Wildman–Crippen LogP) is 3.50. The summed E-state index contributed by atoms with van der Waals surface area (Å²) in [4.78, 5) is 0.126. The summed E-state index contributed by atoms with van der Waals surface area (Å²) in [6.45, 7) is 10.1. The Morgan fingerprint density at radius 1 is 0.439 bits per heavy atom. The molecule has 1 aromatic carbocycles. The molecule has 41 heavy (non-hydrogen) atoms. The highest BCUT2D eigenvalue weighted by molar-refractivity contribution is 7.86. The molecule has 0 atom stereocenters. The first-order chi connectivity index (χ1) is 20.2. The molecule has 12 heteroatoms. The van der Waals surface area contributed by atoms with Crippen LogP contribution in [0.1, 0.15) is 39.0 Å². The standard InChI is InChI=1S/C29H52O11S/c1-2-3-4-5-9-12-32-13-14-33-15-16-34-17-18-35-19-20-36-21-22-37-23-24-38-25-26-39-27-28-40-41(30,31)29-10-7-6-8-11-29/h6-8,10-11H,2-5,9,12-28H2,1H3. The van der Waals surface area contributed by atoms with Crippen molar-refractivity contribution >= 4 is 10.1 Å². The fourth-order valence-corrected chi connectivity index (χ4v) is 4.22. The van der Waals surface area contributed by atoms with Crippen molar-refractivity contribution in [2.75, 3.05) is 112 Å². The average Bonchev–Trinajstić information content (AvgIpc) is 2.98. The maximum Gasteiger partial charge on any atom is 0.297 e. The Kier molecular flexibility index (Phi) is 26.7. The van der Waals surface area contributed by atoms with E-state index in [2.05, 4.69) is 6.92 Å². The Bertz CT molecular complexity index is 765. The van der Waals surface area contributed by atoms with Gasteiger partial charge in [0, 0.05) is 6.61 Å². The van der Waals surface area contributed by atoms with Crippen LogP contribution in [0.3, 0.4) is 0 Å². The van der Waals surface area contributed by atoms with E-state index in [0.29, 0.717) is 92.5 Å². The third-order valence-electron chi connectivity index (χ3n) is 5.49. The average molecular weight is 609 g/mol. The van der Waals surface area contributed by atoms with Gasteiger partial charge in [0.05, 0.1) is 111 Å². The number of benzene rings is 1. The van der Waals surface area contributed by atoms with Crippen LogP contribution in [0.15, 0.2) is 35.2 Å². The van der Waals surface area contributed by atoms with Gasteiger partial charge in [-0.15, -0.1) is 0 Å². The van der Waals surface area contributed by atoms with Gasteiger partial charge in [0.15, 0.2) is 0 Å². The highest BCUT2D eigenvalue weighted by atomic mass is 32.2. The second-order valence-electron chi connectivity index (χ2n) is 8.90. The smallest absolute Gasteiger partial charge is 0.297 e. The van der Waals surface area contributed by atoms with Gasteiger partial charge in [0.25, 0.3) is 10.1 Å². The first kappa shape index (κ1) is 37.8. The molecule has 0 saturated heterocycles. The van der Waals surface area contributed by atoms with E-state index in [-0.39, 0.29) is 18.1 Å². The minimum Gasteiger partial charge on any atom is -0.379 e. The van der Waals surface area contributed by atoms with Crippen molar-refractivity contribution in [1.29, 1.82) is 0 Å². The van der Waals surface area contributed by atoms with Gasteiger partial charge in [-0.3, -0.25) is 4.18 Å². The predicted molar refractivity (Wildman–Crippen MR) is 155 cm³/mol. The van der Waals surface area contributed by atoms with Crippen LogP contribution >= 0.6 is 0 Å². The van der Waals surface area contributed by atoms with Crippen LogP contribution in [0.4, 0.5) is 0 Å². The fourth-order valence-electron chi connectivity index (χ4n) is 3.31. The summed E-state index contributed by atoms with van der Waals surface area (Å²) < 4.78 is 72.4. The fraction of sp³-hybridized carbons (Fsp3) is 0.793. The largest absolute Gasteiger partial charge is 0.379 e. The number of ether oxygens (including phenoxy) is 8. The molecule has 0 unspecified atom stereocenters. The molecule has 1 rings (SSSR count). The van der Waals surface area contributed by atoms with E-state index < -0.39 is 10.1 Å². The first-order valence-corrected chi connectivity index (χ1v) is 16.1. The zero-order chi connectivity index (χ0) is 29.5. The SMILES string of the molecule is CCCCCCCOCCOCCOCCOCCOCCOCCOCCOCCOS(=O)(=O)c1ccccc1. The molecular weight excluding hydrogens is 556 g/mol. The molecule has 0 heterocycles. The van der Waals surface area contributed by atoms with E-state index in [1.54, 1.807) is 18.2 Å². The molecule has 0 amide bonds. The molecule has 240 valence electrons. The molecule has 0 spiro atoms. The normalized spacial score (nSPS) is 11.8. The highest BCUT2D eigenvalue weighted by Crippen LogP contribution is 2.10. The molecule has 11 nitrogen and oxygen atoms in total. The van der Waals surface area contributed by atoms with Crippen molar-refractivity contribution in [1.82, 2.24) is 0 Å². The maximum atomic E-state index is 11.9. The van der Waals surface area contributed by atoms with Crippen LogP contribution in [0.5, 0.6) is 0 Å². The second-order valence-corrected chi connectivity index (χ2v) is 10.5. The summed E-state index contributed by atoms with van der Waals surface area (Å²) in [6.07, 6.45) is 6.25. The third kappa shape index (κ3) is 25.1. The van der Waals surface area contributed by atoms with Crippen LogP contribution in [0.25, 0.3) is 0 Å². The molecular formula is C29H52O11S. The number of unbranched alkanes of at least 4 members (excludes halogenated alkanes) is 4. The molecule has 0 N–H and O–H groups in total. The van der Waals surface area contributed by atoms with Crippen LogP contribution in [0, 0.1) is 0 Å². The Morgan fingerprint density at radius 2 is 0.780 bits per heavy atom. The zero-order valence-electron chi connectivity index (χ0n) is 24.8. The molecule has 0 aliphatic rings. The monoisotopic (exact) mass is 608 g/mol. The second kappa shape index (κ2) is 28.9. The summed E-state index contributed by atoms with van der Waals surface area (Å²) in [5.74, 6) is 0. The van der Waals surface area contributed by atoms with Crippen molar-refractivity contribution in [3.8, 4) is 0 Å². The zero-order valence-corrected chi connectivity index (χ0v) is 25.7. The molecule has 0 bridgehead atoms. The van der Waals surface area contributed by atoms with Crippen molar-refractivity contribution in [2.24, 2.45) is 0 Å². The van der Waals surface area contributed by atoms with Crippen LogP contribution in [-0.2, 0) is 52.2 Å². The lowest BCUT2D eigenvalue weighted by Crippen LogP contribution is -2.15. The summed E-state index contributed by atoms with van der Waals surface area (Å²) >= 11 is 0. The number of rotatable bonds is 32. The molecule has 0 aliphatic heterocycles. The van der Waals surface area contributed by atoms with Gasteiger partial charge in [-0.1, -0.05) is 50.8 Å². The Morgan fingerprint density at radius 3 is 1.17 bits per heavy atom. The van der Waals surface area contributed by atoms with Gasteiger partial charge in [0.1, 0.15) is 0 Å². The van der Waals surface area contributed by atoms with Gasteiger partial charge in [-0.2, -0.15) is 8.42 Å². The minimum absolute atomic E-state index is 0.0510. The topological polar surface area (TPSA) is 117 Å². The Hall–Kier alpha value is -1.19. The molecule has 0 radical (unpaired) electrons. The molecule has 0 fully saturated rings.